The van der Waals surface area contributed by atoms with E-state index < -0.39 is 12.0 Å². The van der Waals surface area contributed by atoms with E-state index in [0.29, 0.717) is 17.9 Å². The zero-order chi connectivity index (χ0) is 18.3. The minimum Gasteiger partial charge on any atom is -0.544 e. The summed E-state index contributed by atoms with van der Waals surface area (Å²) in [5.41, 5.74) is 3.93. The van der Waals surface area contributed by atoms with E-state index in [1.165, 1.54) is 0 Å². The number of aromatic nitrogens is 1. The molecule has 0 unspecified atom stereocenters. The molecule has 0 amide bonds. The van der Waals surface area contributed by atoms with Crippen LogP contribution in [-0.4, -0.2) is 31.2 Å². The lowest BCUT2D eigenvalue weighted by molar-refractivity contribution is -0.717. The predicted octanol–water partition coefficient (Wildman–Crippen LogP) is 0.513. The van der Waals surface area contributed by atoms with Gasteiger partial charge in [-0.1, -0.05) is 18.2 Å². The first-order chi connectivity index (χ1) is 12.6. The number of quaternary nitrogens is 1. The summed E-state index contributed by atoms with van der Waals surface area (Å²) in [5, 5.41) is 14.5. The maximum Gasteiger partial charge on any atom is 0.157 e. The third-order valence-electron chi connectivity index (χ3n) is 5.08. The molecule has 4 rings (SSSR count). The number of ether oxygens (including phenoxy) is 2. The number of aliphatic carboxylic acids is 1. The van der Waals surface area contributed by atoms with Crippen molar-refractivity contribution in [1.29, 1.82) is 0 Å². The van der Waals surface area contributed by atoms with Gasteiger partial charge in [0.15, 0.2) is 6.04 Å². The van der Waals surface area contributed by atoms with E-state index in [1.54, 1.807) is 14.2 Å². The number of nitrogens with one attached hydrogen (secondary N) is 1. The minimum atomic E-state index is -1.06. The molecule has 0 radical (unpaired) electrons. The number of aromatic amines is 1. The largest absolute Gasteiger partial charge is 0.544 e. The van der Waals surface area contributed by atoms with Gasteiger partial charge in [-0.3, -0.25) is 0 Å². The summed E-state index contributed by atoms with van der Waals surface area (Å²) in [7, 11) is 3.20. The van der Waals surface area contributed by atoms with E-state index in [0.717, 1.165) is 27.7 Å². The van der Waals surface area contributed by atoms with E-state index in [2.05, 4.69) is 4.98 Å². The molecule has 3 N–H and O–H groups in total. The van der Waals surface area contributed by atoms with E-state index in [4.69, 9.17) is 9.47 Å². The van der Waals surface area contributed by atoms with Gasteiger partial charge in [-0.15, -0.1) is 0 Å². The number of carbonyl (C=O) groups excluding carboxylic acids is 1. The minimum absolute atomic E-state index is 0.227. The standard InChI is InChI=1S/C20H20N2O4/c1-25-11-7-8-13(17(9-11)26-2)18-19-14(10-16(22-18)20(23)24)12-5-3-4-6-15(12)21-19/h3-9,16,18,21-22H,10H2,1-2H3,(H,23,24)/t16-,18-/m0/s1. The maximum atomic E-state index is 11.7. The number of methoxy groups -OCH3 is 2. The summed E-state index contributed by atoms with van der Waals surface area (Å²) in [4.78, 5) is 15.1. The normalized spacial score (nSPS) is 19.2. The predicted molar refractivity (Wildman–Crippen MR) is 94.1 cm³/mol. The first-order valence-electron chi connectivity index (χ1n) is 8.49. The Hall–Kier alpha value is -2.99. The third-order valence-corrected chi connectivity index (χ3v) is 5.08. The molecule has 1 aromatic heterocycles. The molecule has 0 saturated heterocycles. The number of fused-ring (bicyclic) bond motifs is 3. The molecule has 2 atom stereocenters. The molecule has 0 spiro atoms. The van der Waals surface area contributed by atoms with Crippen molar-refractivity contribution in [2.24, 2.45) is 0 Å². The number of carbonyl (C=O) groups is 1. The Balaban J connectivity index is 1.90. The number of carboxylic acids is 1. The SMILES string of the molecule is COc1ccc([C@@H]2[NH2+][C@H](C(=O)[O-])Cc3c2[nH]c2ccccc32)c(OC)c1. The topological polar surface area (TPSA) is 91.0 Å². The van der Waals surface area contributed by atoms with Gasteiger partial charge < -0.3 is 29.7 Å². The highest BCUT2D eigenvalue weighted by Gasteiger charge is 2.36. The van der Waals surface area contributed by atoms with Crippen LogP contribution in [0.5, 0.6) is 11.5 Å². The second-order valence-corrected chi connectivity index (χ2v) is 6.47. The van der Waals surface area contributed by atoms with Crippen LogP contribution in [0.2, 0.25) is 0 Å². The zero-order valence-electron chi connectivity index (χ0n) is 14.6. The van der Waals surface area contributed by atoms with Gasteiger partial charge in [-0.25, -0.2) is 0 Å². The van der Waals surface area contributed by atoms with Gasteiger partial charge in [0, 0.05) is 23.4 Å². The summed E-state index contributed by atoms with van der Waals surface area (Å²) in [6.07, 6.45) is 0.427. The van der Waals surface area contributed by atoms with E-state index in [1.807, 2.05) is 47.8 Å². The Bertz CT molecular complexity index is 979. The molecular formula is C20H20N2O4. The first-order valence-corrected chi connectivity index (χ1v) is 8.49. The fourth-order valence-electron chi connectivity index (χ4n) is 3.82. The lowest BCUT2D eigenvalue weighted by Gasteiger charge is -2.29. The van der Waals surface area contributed by atoms with Crippen LogP contribution in [-0.2, 0) is 11.2 Å². The second kappa shape index (κ2) is 6.38. The molecular weight excluding hydrogens is 332 g/mol. The number of hydrogen-bond acceptors (Lipinski definition) is 4. The number of rotatable bonds is 4. The highest BCUT2D eigenvalue weighted by atomic mass is 16.5. The summed E-state index contributed by atoms with van der Waals surface area (Å²) >= 11 is 0. The maximum absolute atomic E-state index is 11.7. The van der Waals surface area contributed by atoms with Crippen LogP contribution in [0, 0.1) is 0 Å². The van der Waals surface area contributed by atoms with Gasteiger partial charge in [0.05, 0.1) is 31.4 Å². The fraction of sp³-hybridized carbons (Fsp3) is 0.250. The van der Waals surface area contributed by atoms with Crippen molar-refractivity contribution in [3.8, 4) is 11.5 Å². The Morgan fingerprint density at radius 2 is 2.00 bits per heavy atom. The van der Waals surface area contributed by atoms with Gasteiger partial charge in [-0.2, -0.15) is 0 Å². The first kappa shape index (κ1) is 16.5. The molecule has 3 aromatic rings. The van der Waals surface area contributed by atoms with Crippen LogP contribution in [0.15, 0.2) is 42.5 Å². The third kappa shape index (κ3) is 2.59. The molecule has 6 nitrogen and oxygen atoms in total. The smallest absolute Gasteiger partial charge is 0.157 e. The average molecular weight is 352 g/mol. The molecule has 0 fully saturated rings. The van der Waals surface area contributed by atoms with Crippen molar-refractivity contribution in [2.45, 2.75) is 18.5 Å². The Labute approximate surface area is 150 Å². The molecule has 2 aromatic carbocycles. The lowest BCUT2D eigenvalue weighted by Crippen LogP contribution is -2.95. The van der Waals surface area contributed by atoms with E-state index in [-0.39, 0.29) is 6.04 Å². The van der Waals surface area contributed by atoms with Crippen molar-refractivity contribution in [2.75, 3.05) is 14.2 Å². The monoisotopic (exact) mass is 352 g/mol. The van der Waals surface area contributed by atoms with Crippen LogP contribution in [0.3, 0.4) is 0 Å². The number of benzene rings is 2. The zero-order valence-corrected chi connectivity index (χ0v) is 14.6. The quantitative estimate of drug-likeness (QED) is 0.716. The van der Waals surface area contributed by atoms with Crippen molar-refractivity contribution >= 4 is 16.9 Å². The van der Waals surface area contributed by atoms with Crippen LogP contribution < -0.4 is 19.9 Å². The number of nitrogens with two attached hydrogens (primary N) is 1. The number of H-pyrrole nitrogens is 1. The highest BCUT2D eigenvalue weighted by Crippen LogP contribution is 2.36. The highest BCUT2D eigenvalue weighted by molar-refractivity contribution is 5.86. The van der Waals surface area contributed by atoms with Crippen molar-refractivity contribution in [3.63, 3.8) is 0 Å². The average Bonchev–Trinajstić information content (AvgIpc) is 3.05. The van der Waals surface area contributed by atoms with Crippen molar-refractivity contribution in [1.82, 2.24) is 4.98 Å². The van der Waals surface area contributed by atoms with Gasteiger partial charge in [0.25, 0.3) is 0 Å². The molecule has 134 valence electrons. The fourth-order valence-corrected chi connectivity index (χ4v) is 3.82. The Morgan fingerprint density at radius 1 is 1.19 bits per heavy atom. The molecule has 0 saturated carbocycles. The van der Waals surface area contributed by atoms with Gasteiger partial charge >= 0.3 is 0 Å². The van der Waals surface area contributed by atoms with Crippen molar-refractivity contribution in [3.05, 3.63) is 59.3 Å². The lowest BCUT2D eigenvalue weighted by atomic mass is 9.90. The van der Waals surface area contributed by atoms with E-state index >= 15 is 0 Å². The number of para-hydroxylation sites is 1. The second-order valence-electron chi connectivity index (χ2n) is 6.47. The number of hydrogen-bond donors (Lipinski definition) is 2. The molecule has 26 heavy (non-hydrogen) atoms. The van der Waals surface area contributed by atoms with Gasteiger partial charge in [-0.05, 0) is 23.8 Å². The summed E-state index contributed by atoms with van der Waals surface area (Å²) in [6.45, 7) is 0. The van der Waals surface area contributed by atoms with Gasteiger partial charge in [0.2, 0.25) is 0 Å². The van der Waals surface area contributed by atoms with Gasteiger partial charge in [0.1, 0.15) is 17.5 Å². The summed E-state index contributed by atoms with van der Waals surface area (Å²) < 4.78 is 10.8. The Morgan fingerprint density at radius 3 is 2.73 bits per heavy atom. The van der Waals surface area contributed by atoms with Crippen LogP contribution in [0.25, 0.3) is 10.9 Å². The van der Waals surface area contributed by atoms with Crippen molar-refractivity contribution < 1.29 is 24.7 Å². The van der Waals surface area contributed by atoms with Crippen LogP contribution >= 0.6 is 0 Å². The number of carboxylic acid groups (broad SMARTS) is 1. The molecule has 0 bridgehead atoms. The van der Waals surface area contributed by atoms with E-state index in [9.17, 15) is 9.90 Å². The Kier molecular flexibility index (Phi) is 4.05. The molecule has 1 aliphatic rings. The van der Waals surface area contributed by atoms with Crippen LogP contribution in [0.4, 0.5) is 0 Å². The molecule has 0 aliphatic carbocycles. The molecule has 6 heteroatoms. The summed E-state index contributed by atoms with van der Waals surface area (Å²) in [5.74, 6) is 0.294. The van der Waals surface area contributed by atoms with Crippen LogP contribution in [0.1, 0.15) is 22.9 Å². The molecule has 1 aliphatic heterocycles. The molecule has 2 heterocycles. The summed E-state index contributed by atoms with van der Waals surface area (Å²) in [6, 6.07) is 12.7.